The molecule has 26 heavy (non-hydrogen) atoms. The van der Waals surface area contributed by atoms with Gasteiger partial charge in [0.05, 0.1) is 32.5 Å². The largest absolute Gasteiger partial charge is 0.352 e. The van der Waals surface area contributed by atoms with Crippen molar-refractivity contribution in [1.29, 1.82) is 0 Å². The molecule has 1 heterocycles. The number of carbonyl (C=O) groups excluding carboxylic acids is 1. The first kappa shape index (κ1) is 19.6. The number of nitrogens with one attached hydrogen (secondary N) is 1. The van der Waals surface area contributed by atoms with Crippen LogP contribution in [-0.2, 0) is 11.3 Å². The van der Waals surface area contributed by atoms with E-state index in [2.05, 4.69) is 48.9 Å². The summed E-state index contributed by atoms with van der Waals surface area (Å²) in [5.74, 6) is -0.139. The lowest BCUT2D eigenvalue weighted by molar-refractivity contribution is -0.903. The zero-order chi connectivity index (χ0) is 19.0. The minimum Gasteiger partial charge on any atom is -0.352 e. The Balaban J connectivity index is 1.79. The molecule has 6 nitrogen and oxygen atoms in total. The Morgan fingerprint density at radius 1 is 1.27 bits per heavy atom. The highest BCUT2D eigenvalue weighted by atomic mass is 16.2. The van der Waals surface area contributed by atoms with Crippen molar-refractivity contribution in [2.75, 3.05) is 34.2 Å². The molecule has 0 radical (unpaired) electrons. The SMILES string of the molecule is CN1C=CC(C(=O)NCCC[N+](C)(C)Cc2ccccc2)=CC1=CN=O. The van der Waals surface area contributed by atoms with Crippen LogP contribution in [0.1, 0.15) is 12.0 Å². The van der Waals surface area contributed by atoms with E-state index in [1.54, 1.807) is 30.3 Å². The Morgan fingerprint density at radius 3 is 2.69 bits per heavy atom. The summed E-state index contributed by atoms with van der Waals surface area (Å²) in [5, 5.41) is 5.72. The molecule has 2 rings (SSSR count). The van der Waals surface area contributed by atoms with Crippen LogP contribution in [0.3, 0.4) is 0 Å². The fourth-order valence-corrected chi connectivity index (χ4v) is 2.88. The minimum atomic E-state index is -0.139. The highest BCUT2D eigenvalue weighted by molar-refractivity contribution is 5.96. The molecule has 0 unspecified atom stereocenters. The van der Waals surface area contributed by atoms with Gasteiger partial charge in [0.2, 0.25) is 0 Å². The van der Waals surface area contributed by atoms with Crippen LogP contribution in [-0.4, -0.2) is 49.5 Å². The van der Waals surface area contributed by atoms with Gasteiger partial charge in [0.25, 0.3) is 5.91 Å². The molecule has 0 aliphatic carbocycles. The van der Waals surface area contributed by atoms with Crippen LogP contribution in [0.5, 0.6) is 0 Å². The molecular formula is C20H27N4O2+. The number of quaternary nitrogens is 1. The quantitative estimate of drug-likeness (QED) is 0.443. The van der Waals surface area contributed by atoms with Gasteiger partial charge in [-0.05, 0) is 17.3 Å². The zero-order valence-corrected chi connectivity index (χ0v) is 15.7. The van der Waals surface area contributed by atoms with Gasteiger partial charge in [0.15, 0.2) is 0 Å². The zero-order valence-electron chi connectivity index (χ0n) is 15.7. The van der Waals surface area contributed by atoms with E-state index in [1.165, 1.54) is 11.8 Å². The third-order valence-corrected chi connectivity index (χ3v) is 4.31. The number of hydrogen-bond donors (Lipinski definition) is 1. The van der Waals surface area contributed by atoms with Gasteiger partial charge in [-0.2, -0.15) is 0 Å². The summed E-state index contributed by atoms with van der Waals surface area (Å²) in [4.78, 5) is 24.4. The number of amides is 1. The van der Waals surface area contributed by atoms with E-state index in [0.717, 1.165) is 24.0 Å². The van der Waals surface area contributed by atoms with E-state index in [1.807, 2.05) is 6.07 Å². The van der Waals surface area contributed by atoms with Gasteiger partial charge in [0, 0.05) is 37.3 Å². The topological polar surface area (TPSA) is 61.8 Å². The normalized spacial score (nSPS) is 15.7. The number of nitroso groups, excluding NO2 is 1. The summed E-state index contributed by atoms with van der Waals surface area (Å²) in [5.41, 5.74) is 2.43. The van der Waals surface area contributed by atoms with Crippen molar-refractivity contribution in [2.45, 2.75) is 13.0 Å². The molecule has 0 atom stereocenters. The molecule has 1 aliphatic heterocycles. The van der Waals surface area contributed by atoms with Crippen molar-refractivity contribution in [3.05, 3.63) is 76.6 Å². The second-order valence-electron chi connectivity index (χ2n) is 7.10. The van der Waals surface area contributed by atoms with E-state index >= 15 is 0 Å². The van der Waals surface area contributed by atoms with Crippen molar-refractivity contribution >= 4 is 5.91 Å². The first-order valence-electron chi connectivity index (χ1n) is 8.71. The first-order valence-corrected chi connectivity index (χ1v) is 8.71. The highest BCUT2D eigenvalue weighted by Gasteiger charge is 2.16. The van der Waals surface area contributed by atoms with Crippen molar-refractivity contribution in [3.8, 4) is 0 Å². The summed E-state index contributed by atoms with van der Waals surface area (Å²) < 4.78 is 0.866. The maximum Gasteiger partial charge on any atom is 0.251 e. The predicted octanol–water partition coefficient (Wildman–Crippen LogP) is 2.76. The van der Waals surface area contributed by atoms with E-state index in [9.17, 15) is 9.70 Å². The number of likely N-dealkylation sites (N-methyl/N-ethyl adjacent to an activating group) is 1. The monoisotopic (exact) mass is 355 g/mol. The van der Waals surface area contributed by atoms with Crippen LogP contribution in [0.4, 0.5) is 0 Å². The van der Waals surface area contributed by atoms with Crippen LogP contribution in [0.25, 0.3) is 0 Å². The van der Waals surface area contributed by atoms with Gasteiger partial charge in [0.1, 0.15) is 6.54 Å². The molecule has 1 N–H and O–H groups in total. The van der Waals surface area contributed by atoms with Crippen LogP contribution in [0, 0.1) is 4.91 Å². The Hall–Kier alpha value is -2.73. The number of allylic oxidation sites excluding steroid dienone is 1. The Morgan fingerprint density at radius 2 is 2.00 bits per heavy atom. The summed E-state index contributed by atoms with van der Waals surface area (Å²) in [6.45, 7) is 2.54. The number of nitrogens with zero attached hydrogens (tertiary/aromatic N) is 3. The molecular weight excluding hydrogens is 328 g/mol. The van der Waals surface area contributed by atoms with Gasteiger partial charge in [-0.25, -0.2) is 0 Å². The second-order valence-corrected chi connectivity index (χ2v) is 7.10. The minimum absolute atomic E-state index is 0.139. The molecule has 6 heteroatoms. The van der Waals surface area contributed by atoms with Gasteiger partial charge in [-0.15, -0.1) is 4.91 Å². The number of benzene rings is 1. The maximum absolute atomic E-state index is 12.3. The smallest absolute Gasteiger partial charge is 0.251 e. The molecule has 1 amide bonds. The van der Waals surface area contributed by atoms with Crippen LogP contribution < -0.4 is 5.32 Å². The molecule has 1 aromatic rings. The lowest BCUT2D eigenvalue weighted by Gasteiger charge is -2.30. The Kier molecular flexibility index (Phi) is 6.86. The van der Waals surface area contributed by atoms with Crippen molar-refractivity contribution < 1.29 is 9.28 Å². The van der Waals surface area contributed by atoms with E-state index in [0.29, 0.717) is 17.8 Å². The molecule has 0 bridgehead atoms. The Labute approximate surface area is 155 Å². The van der Waals surface area contributed by atoms with Gasteiger partial charge < -0.3 is 14.7 Å². The number of carbonyl (C=O) groups is 1. The van der Waals surface area contributed by atoms with E-state index in [-0.39, 0.29) is 5.91 Å². The molecule has 0 fully saturated rings. The predicted molar refractivity (Wildman–Crippen MR) is 104 cm³/mol. The third-order valence-electron chi connectivity index (χ3n) is 4.31. The summed E-state index contributed by atoms with van der Waals surface area (Å²) in [7, 11) is 6.19. The molecule has 0 aromatic heterocycles. The molecule has 1 aliphatic rings. The standard InChI is InChI=1S/C20H26N4O2/c1-23-12-10-18(14-19(23)15-22-26)20(25)21-11-7-13-24(2,3)16-17-8-5-4-6-9-17/h4-6,8-10,12,14-15H,7,11,13,16H2,1-3H3/p+1. The van der Waals surface area contributed by atoms with Gasteiger partial charge >= 0.3 is 0 Å². The number of rotatable bonds is 8. The molecule has 138 valence electrons. The molecule has 0 spiro atoms. The summed E-state index contributed by atoms with van der Waals surface area (Å²) in [6.07, 6.45) is 7.21. The van der Waals surface area contributed by atoms with Crippen molar-refractivity contribution in [1.82, 2.24) is 10.2 Å². The van der Waals surface area contributed by atoms with Gasteiger partial charge in [-0.1, -0.05) is 30.3 Å². The average molecular weight is 355 g/mol. The average Bonchev–Trinajstić information content (AvgIpc) is 2.61. The van der Waals surface area contributed by atoms with Crippen molar-refractivity contribution in [3.63, 3.8) is 0 Å². The highest BCUT2D eigenvalue weighted by Crippen LogP contribution is 2.15. The van der Waals surface area contributed by atoms with Crippen LogP contribution >= 0.6 is 0 Å². The first-order chi connectivity index (χ1) is 12.4. The molecule has 1 aromatic carbocycles. The summed E-state index contributed by atoms with van der Waals surface area (Å²) in [6, 6.07) is 10.4. The lowest BCUT2D eigenvalue weighted by Crippen LogP contribution is -2.41. The Bertz CT molecular complexity index is 721. The van der Waals surface area contributed by atoms with Crippen molar-refractivity contribution in [2.24, 2.45) is 5.18 Å². The molecule has 0 saturated carbocycles. The maximum atomic E-state index is 12.3. The van der Waals surface area contributed by atoms with E-state index in [4.69, 9.17) is 0 Å². The lowest BCUT2D eigenvalue weighted by atomic mass is 10.1. The van der Waals surface area contributed by atoms with E-state index < -0.39 is 0 Å². The van der Waals surface area contributed by atoms with Crippen LogP contribution in [0.15, 0.2) is 71.3 Å². The summed E-state index contributed by atoms with van der Waals surface area (Å²) >= 11 is 0. The second kappa shape index (κ2) is 9.10. The fraction of sp³-hybridized carbons (Fsp3) is 0.350. The number of hydrogen-bond acceptors (Lipinski definition) is 4. The van der Waals surface area contributed by atoms with Gasteiger partial charge in [-0.3, -0.25) is 4.79 Å². The third kappa shape index (κ3) is 5.97. The van der Waals surface area contributed by atoms with Crippen LogP contribution in [0.2, 0.25) is 0 Å². The fourth-order valence-electron chi connectivity index (χ4n) is 2.88. The molecule has 0 saturated heterocycles.